The minimum absolute atomic E-state index is 0.0632. The highest BCUT2D eigenvalue weighted by Crippen LogP contribution is 2.33. The molecule has 2 rings (SSSR count). The first-order chi connectivity index (χ1) is 7.15. The van der Waals surface area contributed by atoms with E-state index in [0.29, 0.717) is 6.54 Å². The molecule has 1 aromatic rings. The maximum Gasteiger partial charge on any atom is 0.242 e. The molecule has 1 aliphatic rings. The molecule has 0 aromatic heterocycles. The minimum atomic E-state index is -0.522. The van der Waals surface area contributed by atoms with Crippen molar-refractivity contribution in [2.75, 3.05) is 6.54 Å². The quantitative estimate of drug-likeness (QED) is 0.738. The van der Waals surface area contributed by atoms with E-state index in [2.05, 4.69) is 0 Å². The van der Waals surface area contributed by atoms with Crippen LogP contribution in [0.5, 0.6) is 0 Å². The number of likely N-dealkylation sites (tertiary alicyclic amines) is 1. The first-order valence-corrected chi connectivity index (χ1v) is 4.96. The molecule has 0 spiro atoms. The number of hydrogen-bond donors (Lipinski definition) is 1. The number of β-lactam (4-membered cyclic amide) rings is 1. The average Bonchev–Trinajstić information content (AvgIpc) is 2.24. The normalized spacial score (nSPS) is 25.3. The van der Waals surface area contributed by atoms with Crippen LogP contribution in [0.1, 0.15) is 18.5 Å². The van der Waals surface area contributed by atoms with Crippen molar-refractivity contribution in [1.29, 1.82) is 0 Å². The molecule has 15 heavy (non-hydrogen) atoms. The Kier molecular flexibility index (Phi) is 2.44. The van der Waals surface area contributed by atoms with E-state index >= 15 is 0 Å². The Morgan fingerprint density at radius 1 is 1.53 bits per heavy atom. The molecule has 1 heterocycles. The smallest absolute Gasteiger partial charge is 0.242 e. The molecule has 2 N–H and O–H groups in total. The summed E-state index contributed by atoms with van der Waals surface area (Å²) in [4.78, 5) is 13.0. The van der Waals surface area contributed by atoms with Gasteiger partial charge in [0.2, 0.25) is 5.91 Å². The second-order valence-corrected chi connectivity index (χ2v) is 3.65. The van der Waals surface area contributed by atoms with Crippen molar-refractivity contribution in [2.45, 2.75) is 19.0 Å². The van der Waals surface area contributed by atoms with Gasteiger partial charge in [-0.2, -0.15) is 0 Å². The highest BCUT2D eigenvalue weighted by molar-refractivity contribution is 5.89. The number of likely N-dealkylation sites (N-methyl/N-ethyl adjacent to an activating group) is 1. The number of nitrogens with zero attached hydrogens (tertiary/aromatic N) is 1. The van der Waals surface area contributed by atoms with E-state index in [-0.39, 0.29) is 17.8 Å². The van der Waals surface area contributed by atoms with Crippen LogP contribution < -0.4 is 5.73 Å². The van der Waals surface area contributed by atoms with Crippen molar-refractivity contribution in [3.05, 3.63) is 35.6 Å². The van der Waals surface area contributed by atoms with Gasteiger partial charge in [-0.15, -0.1) is 0 Å². The summed E-state index contributed by atoms with van der Waals surface area (Å²) in [5.41, 5.74) is 6.47. The van der Waals surface area contributed by atoms with Crippen LogP contribution in [0, 0.1) is 5.82 Å². The van der Waals surface area contributed by atoms with Gasteiger partial charge >= 0.3 is 0 Å². The first-order valence-electron chi connectivity index (χ1n) is 4.96. The zero-order valence-corrected chi connectivity index (χ0v) is 8.48. The number of halogens is 1. The highest BCUT2D eigenvalue weighted by atomic mass is 19.1. The maximum atomic E-state index is 13.0. The van der Waals surface area contributed by atoms with E-state index in [9.17, 15) is 9.18 Å². The largest absolute Gasteiger partial charge is 0.332 e. The van der Waals surface area contributed by atoms with E-state index in [1.165, 1.54) is 12.1 Å². The molecule has 1 fully saturated rings. The van der Waals surface area contributed by atoms with Crippen LogP contribution >= 0.6 is 0 Å². The van der Waals surface area contributed by atoms with Gasteiger partial charge in [0.25, 0.3) is 0 Å². The fourth-order valence-electron chi connectivity index (χ4n) is 2.01. The van der Waals surface area contributed by atoms with Crippen molar-refractivity contribution in [1.82, 2.24) is 4.90 Å². The lowest BCUT2D eigenvalue weighted by Gasteiger charge is -2.45. The van der Waals surface area contributed by atoms with Crippen LogP contribution in [0.3, 0.4) is 0 Å². The predicted octanol–water partition coefficient (Wildman–Crippen LogP) is 1.06. The lowest BCUT2D eigenvalue weighted by atomic mass is 9.89. The summed E-state index contributed by atoms with van der Waals surface area (Å²) in [5.74, 6) is -0.359. The number of nitrogens with two attached hydrogens (primary N) is 1. The van der Waals surface area contributed by atoms with E-state index in [1.807, 2.05) is 6.92 Å². The lowest BCUT2D eigenvalue weighted by Crippen LogP contribution is -2.62. The first kappa shape index (κ1) is 10.1. The summed E-state index contributed by atoms with van der Waals surface area (Å²) in [6.07, 6.45) is 0. The average molecular weight is 208 g/mol. The van der Waals surface area contributed by atoms with Gasteiger partial charge in [0.05, 0.1) is 6.04 Å². The molecule has 1 aromatic carbocycles. The number of benzene rings is 1. The van der Waals surface area contributed by atoms with E-state index in [0.717, 1.165) is 5.56 Å². The topological polar surface area (TPSA) is 46.3 Å². The Bertz CT molecular complexity index is 394. The van der Waals surface area contributed by atoms with Gasteiger partial charge < -0.3 is 10.6 Å². The van der Waals surface area contributed by atoms with Gasteiger partial charge in [0.15, 0.2) is 0 Å². The monoisotopic (exact) mass is 208 g/mol. The molecule has 0 unspecified atom stereocenters. The molecule has 1 aliphatic heterocycles. The fourth-order valence-corrected chi connectivity index (χ4v) is 2.01. The Balaban J connectivity index is 2.28. The van der Waals surface area contributed by atoms with Crippen molar-refractivity contribution in [3.8, 4) is 0 Å². The fraction of sp³-hybridized carbons (Fsp3) is 0.364. The number of hydrogen-bond acceptors (Lipinski definition) is 2. The molecule has 1 saturated heterocycles. The molecule has 80 valence electrons. The Hall–Kier alpha value is -1.42. The van der Waals surface area contributed by atoms with Crippen LogP contribution in [-0.4, -0.2) is 23.4 Å². The van der Waals surface area contributed by atoms with Crippen molar-refractivity contribution >= 4 is 5.91 Å². The van der Waals surface area contributed by atoms with Crippen LogP contribution in [0.2, 0.25) is 0 Å². The predicted molar refractivity (Wildman–Crippen MR) is 54.5 cm³/mol. The molecule has 0 aliphatic carbocycles. The molecule has 0 radical (unpaired) electrons. The summed E-state index contributed by atoms with van der Waals surface area (Å²) < 4.78 is 13.0. The molecule has 3 nitrogen and oxygen atoms in total. The van der Waals surface area contributed by atoms with Crippen molar-refractivity contribution in [2.24, 2.45) is 5.73 Å². The molecular formula is C11H13FN2O. The number of carbonyl (C=O) groups is 1. The van der Waals surface area contributed by atoms with Gasteiger partial charge in [-0.3, -0.25) is 4.79 Å². The summed E-state index contributed by atoms with van der Waals surface area (Å²) in [6.45, 7) is 2.49. The molecular weight excluding hydrogens is 195 g/mol. The summed E-state index contributed by atoms with van der Waals surface area (Å²) in [7, 11) is 0. The lowest BCUT2D eigenvalue weighted by molar-refractivity contribution is -0.149. The molecule has 1 amide bonds. The summed E-state index contributed by atoms with van der Waals surface area (Å²) in [5, 5.41) is 0. The van der Waals surface area contributed by atoms with E-state index in [1.54, 1.807) is 17.0 Å². The van der Waals surface area contributed by atoms with E-state index < -0.39 is 6.04 Å². The minimum Gasteiger partial charge on any atom is -0.332 e. The summed E-state index contributed by atoms with van der Waals surface area (Å²) >= 11 is 0. The molecule has 4 heteroatoms. The zero-order valence-electron chi connectivity index (χ0n) is 8.48. The third kappa shape index (κ3) is 1.51. The second-order valence-electron chi connectivity index (χ2n) is 3.65. The Morgan fingerprint density at radius 2 is 2.27 bits per heavy atom. The zero-order chi connectivity index (χ0) is 11.0. The SMILES string of the molecule is CCN1C(=O)[C@H](N)[C@H]1c1cccc(F)c1. The standard InChI is InChI=1S/C11H13FN2O/c1-2-14-10(9(13)11(14)15)7-4-3-5-8(12)6-7/h3-6,9-10H,2,13H2,1H3/t9-,10-/m1/s1. The van der Waals surface area contributed by atoms with Gasteiger partial charge in [-0.25, -0.2) is 4.39 Å². The molecule has 2 atom stereocenters. The van der Waals surface area contributed by atoms with Gasteiger partial charge in [-0.1, -0.05) is 12.1 Å². The third-order valence-corrected chi connectivity index (χ3v) is 2.78. The van der Waals surface area contributed by atoms with Crippen LogP contribution in [0.25, 0.3) is 0 Å². The van der Waals surface area contributed by atoms with Crippen molar-refractivity contribution in [3.63, 3.8) is 0 Å². The Morgan fingerprint density at radius 3 is 2.87 bits per heavy atom. The third-order valence-electron chi connectivity index (χ3n) is 2.78. The van der Waals surface area contributed by atoms with Crippen LogP contribution in [0.15, 0.2) is 24.3 Å². The number of rotatable bonds is 2. The summed E-state index contributed by atoms with van der Waals surface area (Å²) in [6, 6.07) is 5.55. The van der Waals surface area contributed by atoms with E-state index in [4.69, 9.17) is 5.73 Å². The Labute approximate surface area is 87.7 Å². The van der Waals surface area contributed by atoms with Crippen molar-refractivity contribution < 1.29 is 9.18 Å². The van der Waals surface area contributed by atoms with Gasteiger partial charge in [0.1, 0.15) is 11.9 Å². The van der Waals surface area contributed by atoms with Gasteiger partial charge in [0, 0.05) is 6.54 Å². The second kappa shape index (κ2) is 3.62. The molecule has 0 bridgehead atoms. The van der Waals surface area contributed by atoms with Crippen LogP contribution in [0.4, 0.5) is 4.39 Å². The van der Waals surface area contributed by atoms with Crippen LogP contribution in [-0.2, 0) is 4.79 Å². The maximum absolute atomic E-state index is 13.0. The number of carbonyl (C=O) groups excluding carboxylic acids is 1. The molecule has 0 saturated carbocycles. The number of amides is 1. The highest BCUT2D eigenvalue weighted by Gasteiger charge is 2.44. The van der Waals surface area contributed by atoms with Gasteiger partial charge in [-0.05, 0) is 24.6 Å².